The SMILES string of the molecule is CC(C)CCN(C)c1nc2ccccc2cc1C(N)=NO. The van der Waals surface area contributed by atoms with Gasteiger partial charge in [0.2, 0.25) is 0 Å². The van der Waals surface area contributed by atoms with E-state index in [1.165, 1.54) is 0 Å². The van der Waals surface area contributed by atoms with Crippen LogP contribution in [0.3, 0.4) is 0 Å². The molecule has 0 bridgehead atoms. The Morgan fingerprint density at radius 2 is 2.10 bits per heavy atom. The monoisotopic (exact) mass is 286 g/mol. The van der Waals surface area contributed by atoms with E-state index in [0.29, 0.717) is 11.5 Å². The smallest absolute Gasteiger partial charge is 0.173 e. The van der Waals surface area contributed by atoms with E-state index < -0.39 is 0 Å². The summed E-state index contributed by atoms with van der Waals surface area (Å²) in [6, 6.07) is 9.75. The van der Waals surface area contributed by atoms with E-state index in [9.17, 15) is 0 Å². The van der Waals surface area contributed by atoms with Crippen LogP contribution in [-0.4, -0.2) is 29.6 Å². The molecule has 0 saturated carbocycles. The van der Waals surface area contributed by atoms with Crippen LogP contribution < -0.4 is 10.6 Å². The summed E-state index contributed by atoms with van der Waals surface area (Å²) in [6.07, 6.45) is 1.06. The summed E-state index contributed by atoms with van der Waals surface area (Å²) in [5, 5.41) is 13.1. The number of benzene rings is 1. The van der Waals surface area contributed by atoms with Crippen molar-refractivity contribution in [1.29, 1.82) is 0 Å². The highest BCUT2D eigenvalue weighted by atomic mass is 16.4. The zero-order valence-corrected chi connectivity index (χ0v) is 12.7. The van der Waals surface area contributed by atoms with Gasteiger partial charge in [0.25, 0.3) is 0 Å². The first-order valence-corrected chi connectivity index (χ1v) is 7.11. The molecule has 21 heavy (non-hydrogen) atoms. The van der Waals surface area contributed by atoms with Gasteiger partial charge in [-0.15, -0.1) is 0 Å². The molecular weight excluding hydrogens is 264 g/mol. The van der Waals surface area contributed by atoms with Gasteiger partial charge in [-0.3, -0.25) is 0 Å². The van der Waals surface area contributed by atoms with Gasteiger partial charge in [0.15, 0.2) is 5.84 Å². The van der Waals surface area contributed by atoms with Gasteiger partial charge in [-0.2, -0.15) is 0 Å². The van der Waals surface area contributed by atoms with Crippen molar-refractivity contribution in [3.8, 4) is 0 Å². The molecule has 5 nitrogen and oxygen atoms in total. The quantitative estimate of drug-likeness (QED) is 0.383. The molecule has 1 heterocycles. The normalized spacial score (nSPS) is 12.1. The summed E-state index contributed by atoms with van der Waals surface area (Å²) in [6.45, 7) is 5.24. The van der Waals surface area contributed by atoms with Crippen molar-refractivity contribution in [2.45, 2.75) is 20.3 Å². The fraction of sp³-hybridized carbons (Fsp3) is 0.375. The highest BCUT2D eigenvalue weighted by molar-refractivity contribution is 6.04. The molecule has 0 unspecified atom stereocenters. The zero-order chi connectivity index (χ0) is 15.4. The van der Waals surface area contributed by atoms with Gasteiger partial charge >= 0.3 is 0 Å². The van der Waals surface area contributed by atoms with Crippen LogP contribution in [0.1, 0.15) is 25.8 Å². The van der Waals surface area contributed by atoms with Gasteiger partial charge in [-0.25, -0.2) is 4.98 Å². The molecule has 1 aromatic heterocycles. The molecule has 0 aliphatic heterocycles. The van der Waals surface area contributed by atoms with Crippen molar-refractivity contribution in [3.05, 3.63) is 35.9 Å². The maximum absolute atomic E-state index is 9.00. The van der Waals surface area contributed by atoms with Crippen LogP contribution >= 0.6 is 0 Å². The lowest BCUT2D eigenvalue weighted by atomic mass is 10.1. The van der Waals surface area contributed by atoms with Crippen molar-refractivity contribution < 1.29 is 5.21 Å². The number of nitrogens with two attached hydrogens (primary N) is 1. The van der Waals surface area contributed by atoms with Gasteiger partial charge in [0.1, 0.15) is 5.82 Å². The lowest BCUT2D eigenvalue weighted by molar-refractivity contribution is 0.318. The Labute approximate surface area is 125 Å². The minimum Gasteiger partial charge on any atom is -0.409 e. The predicted molar refractivity (Wildman–Crippen MR) is 87.0 cm³/mol. The number of anilines is 1. The van der Waals surface area contributed by atoms with Gasteiger partial charge in [0, 0.05) is 19.0 Å². The molecule has 0 atom stereocenters. The molecule has 112 valence electrons. The van der Waals surface area contributed by atoms with Gasteiger partial charge in [-0.1, -0.05) is 37.2 Å². The summed E-state index contributed by atoms with van der Waals surface area (Å²) in [7, 11) is 1.98. The first-order chi connectivity index (χ1) is 10.0. The lowest BCUT2D eigenvalue weighted by Crippen LogP contribution is -2.25. The molecule has 0 aliphatic rings. The predicted octanol–water partition coefficient (Wildman–Crippen LogP) is 2.81. The second-order valence-corrected chi connectivity index (χ2v) is 5.64. The van der Waals surface area contributed by atoms with E-state index in [0.717, 1.165) is 29.7 Å². The summed E-state index contributed by atoms with van der Waals surface area (Å²) < 4.78 is 0. The van der Waals surface area contributed by atoms with Crippen LogP contribution in [0, 0.1) is 5.92 Å². The number of pyridine rings is 1. The molecule has 0 amide bonds. The molecule has 0 saturated heterocycles. The topological polar surface area (TPSA) is 74.7 Å². The van der Waals surface area contributed by atoms with Crippen molar-refractivity contribution in [2.24, 2.45) is 16.8 Å². The average molecular weight is 286 g/mol. The number of hydrogen-bond acceptors (Lipinski definition) is 4. The summed E-state index contributed by atoms with van der Waals surface area (Å²) in [4.78, 5) is 6.73. The molecule has 0 radical (unpaired) electrons. The molecule has 2 rings (SSSR count). The highest BCUT2D eigenvalue weighted by Gasteiger charge is 2.14. The second kappa shape index (κ2) is 6.43. The third-order valence-corrected chi connectivity index (χ3v) is 3.49. The Bertz CT molecular complexity index is 652. The summed E-state index contributed by atoms with van der Waals surface area (Å²) >= 11 is 0. The van der Waals surface area contributed by atoms with E-state index in [1.54, 1.807) is 0 Å². The van der Waals surface area contributed by atoms with Crippen LogP contribution in [0.25, 0.3) is 10.9 Å². The number of nitrogens with zero attached hydrogens (tertiary/aromatic N) is 3. The minimum absolute atomic E-state index is 0.0830. The Hall–Kier alpha value is -2.30. The number of hydrogen-bond donors (Lipinski definition) is 2. The van der Waals surface area contributed by atoms with E-state index in [2.05, 4.69) is 28.9 Å². The van der Waals surface area contributed by atoms with E-state index >= 15 is 0 Å². The fourth-order valence-corrected chi connectivity index (χ4v) is 2.20. The van der Waals surface area contributed by atoms with Crippen LogP contribution in [0.5, 0.6) is 0 Å². The Morgan fingerprint density at radius 3 is 2.76 bits per heavy atom. The van der Waals surface area contributed by atoms with Crippen LogP contribution in [-0.2, 0) is 0 Å². The van der Waals surface area contributed by atoms with E-state index in [4.69, 9.17) is 10.9 Å². The standard InChI is InChI=1S/C16H22N4O/c1-11(2)8-9-20(3)16-13(15(17)19-21)10-12-6-4-5-7-14(12)18-16/h4-7,10-11,21H,8-9H2,1-3H3,(H2,17,19). The minimum atomic E-state index is 0.0830. The van der Waals surface area contributed by atoms with Crippen molar-refractivity contribution in [2.75, 3.05) is 18.5 Å². The Morgan fingerprint density at radius 1 is 1.38 bits per heavy atom. The van der Waals surface area contributed by atoms with Crippen molar-refractivity contribution in [3.63, 3.8) is 0 Å². The maximum atomic E-state index is 9.00. The van der Waals surface area contributed by atoms with E-state index in [1.807, 2.05) is 37.4 Å². The maximum Gasteiger partial charge on any atom is 0.173 e. The summed E-state index contributed by atoms with van der Waals surface area (Å²) in [5.74, 6) is 1.43. The number of fused-ring (bicyclic) bond motifs is 1. The molecule has 3 N–H and O–H groups in total. The van der Waals surface area contributed by atoms with Crippen molar-refractivity contribution in [1.82, 2.24) is 4.98 Å². The van der Waals surface area contributed by atoms with Crippen molar-refractivity contribution >= 4 is 22.6 Å². The average Bonchev–Trinajstić information content (AvgIpc) is 2.50. The highest BCUT2D eigenvalue weighted by Crippen LogP contribution is 2.23. The number of para-hydroxylation sites is 1. The molecule has 0 spiro atoms. The molecule has 0 aliphatic carbocycles. The molecular formula is C16H22N4O. The van der Waals surface area contributed by atoms with Gasteiger partial charge < -0.3 is 15.8 Å². The van der Waals surface area contributed by atoms with E-state index in [-0.39, 0.29) is 5.84 Å². The van der Waals surface area contributed by atoms with Gasteiger partial charge in [0.05, 0.1) is 11.1 Å². The molecule has 1 aromatic carbocycles. The number of amidine groups is 1. The fourth-order valence-electron chi connectivity index (χ4n) is 2.20. The molecule has 0 fully saturated rings. The third-order valence-electron chi connectivity index (χ3n) is 3.49. The van der Waals surface area contributed by atoms with Crippen LogP contribution in [0.4, 0.5) is 5.82 Å². The zero-order valence-electron chi connectivity index (χ0n) is 12.7. The Kier molecular flexibility index (Phi) is 4.62. The lowest BCUT2D eigenvalue weighted by Gasteiger charge is -2.22. The second-order valence-electron chi connectivity index (χ2n) is 5.64. The first kappa shape index (κ1) is 15.1. The molecule has 2 aromatic rings. The number of rotatable bonds is 5. The largest absolute Gasteiger partial charge is 0.409 e. The third kappa shape index (κ3) is 3.42. The summed E-state index contributed by atoms with van der Waals surface area (Å²) in [5.41, 5.74) is 7.37. The first-order valence-electron chi connectivity index (χ1n) is 7.11. The van der Waals surface area contributed by atoms with Crippen LogP contribution in [0.15, 0.2) is 35.5 Å². The Balaban J connectivity index is 2.48. The van der Waals surface area contributed by atoms with Gasteiger partial charge in [-0.05, 0) is 24.5 Å². The van der Waals surface area contributed by atoms with Crippen LogP contribution in [0.2, 0.25) is 0 Å². The molecule has 5 heteroatoms. The number of oxime groups is 1. The number of aromatic nitrogens is 1.